The van der Waals surface area contributed by atoms with E-state index in [1.807, 2.05) is 0 Å². The van der Waals surface area contributed by atoms with Gasteiger partial charge in [-0.05, 0) is 36.5 Å². The number of hydrogen-bond acceptors (Lipinski definition) is 2. The fraction of sp³-hybridized carbons (Fsp3) is 0.571. The van der Waals surface area contributed by atoms with E-state index in [0.29, 0.717) is 18.4 Å². The van der Waals surface area contributed by atoms with Gasteiger partial charge in [-0.25, -0.2) is 4.39 Å². The number of rotatable bonds is 3. The Morgan fingerprint density at radius 3 is 2.25 bits per heavy atom. The lowest BCUT2D eigenvalue weighted by atomic mass is 9.73. The minimum absolute atomic E-state index is 0.132. The van der Waals surface area contributed by atoms with Gasteiger partial charge in [-0.1, -0.05) is 25.0 Å². The van der Waals surface area contributed by atoms with Crippen molar-refractivity contribution in [1.82, 2.24) is 5.43 Å². The normalized spacial score (nSPS) is 25.4. The van der Waals surface area contributed by atoms with Gasteiger partial charge in [-0.15, -0.1) is 0 Å². The van der Waals surface area contributed by atoms with Gasteiger partial charge >= 0.3 is 6.18 Å². The third-order valence-electron chi connectivity index (χ3n) is 4.08. The van der Waals surface area contributed by atoms with Gasteiger partial charge in [0.15, 0.2) is 0 Å². The predicted molar refractivity (Wildman–Crippen MR) is 68.0 cm³/mol. The molecular weight excluding hydrogens is 272 g/mol. The van der Waals surface area contributed by atoms with E-state index in [9.17, 15) is 17.6 Å². The molecule has 2 rings (SSSR count). The molecular formula is C14H18F4N2. The second kappa shape index (κ2) is 6.10. The molecule has 0 saturated heterocycles. The summed E-state index contributed by atoms with van der Waals surface area (Å²) in [4.78, 5) is 0. The Labute approximate surface area is 115 Å². The SMILES string of the molecule is NNC(c1ccc(F)cc1)C1CCCCC1C(F)(F)F. The van der Waals surface area contributed by atoms with E-state index in [4.69, 9.17) is 5.84 Å². The molecule has 0 spiro atoms. The number of alkyl halides is 3. The lowest BCUT2D eigenvalue weighted by Gasteiger charge is -2.38. The Kier molecular flexibility index (Phi) is 4.65. The summed E-state index contributed by atoms with van der Waals surface area (Å²) < 4.78 is 52.3. The van der Waals surface area contributed by atoms with Gasteiger partial charge < -0.3 is 0 Å². The van der Waals surface area contributed by atoms with Crippen LogP contribution in [0.2, 0.25) is 0 Å². The van der Waals surface area contributed by atoms with Crippen molar-refractivity contribution in [3.8, 4) is 0 Å². The maximum absolute atomic E-state index is 13.1. The molecule has 112 valence electrons. The van der Waals surface area contributed by atoms with Gasteiger partial charge in [0.1, 0.15) is 5.82 Å². The molecule has 3 atom stereocenters. The fourth-order valence-corrected chi connectivity index (χ4v) is 3.10. The van der Waals surface area contributed by atoms with Crippen molar-refractivity contribution < 1.29 is 17.6 Å². The van der Waals surface area contributed by atoms with Crippen molar-refractivity contribution in [3.63, 3.8) is 0 Å². The minimum Gasteiger partial charge on any atom is -0.271 e. The van der Waals surface area contributed by atoms with E-state index in [1.165, 1.54) is 24.3 Å². The quantitative estimate of drug-likeness (QED) is 0.506. The van der Waals surface area contributed by atoms with Crippen LogP contribution in [0.4, 0.5) is 17.6 Å². The average Bonchev–Trinajstić information content (AvgIpc) is 2.41. The summed E-state index contributed by atoms with van der Waals surface area (Å²) >= 11 is 0. The van der Waals surface area contributed by atoms with Crippen LogP contribution < -0.4 is 11.3 Å². The van der Waals surface area contributed by atoms with Crippen LogP contribution in [0.15, 0.2) is 24.3 Å². The minimum atomic E-state index is -4.22. The highest BCUT2D eigenvalue weighted by Gasteiger charge is 2.47. The number of hydrogen-bond donors (Lipinski definition) is 2. The van der Waals surface area contributed by atoms with Crippen molar-refractivity contribution in [2.75, 3.05) is 0 Å². The smallest absolute Gasteiger partial charge is 0.271 e. The number of benzene rings is 1. The van der Waals surface area contributed by atoms with E-state index < -0.39 is 29.9 Å². The first-order valence-corrected chi connectivity index (χ1v) is 6.72. The van der Waals surface area contributed by atoms with Crippen molar-refractivity contribution in [3.05, 3.63) is 35.6 Å². The molecule has 0 amide bonds. The van der Waals surface area contributed by atoms with E-state index in [-0.39, 0.29) is 6.42 Å². The fourth-order valence-electron chi connectivity index (χ4n) is 3.10. The highest BCUT2D eigenvalue weighted by Crippen LogP contribution is 2.46. The molecule has 0 radical (unpaired) electrons. The van der Waals surface area contributed by atoms with Crippen LogP contribution in [-0.4, -0.2) is 6.18 Å². The molecule has 3 N–H and O–H groups in total. The van der Waals surface area contributed by atoms with Gasteiger partial charge in [0, 0.05) is 6.04 Å². The first-order chi connectivity index (χ1) is 9.43. The van der Waals surface area contributed by atoms with Crippen LogP contribution >= 0.6 is 0 Å². The number of nitrogens with one attached hydrogen (secondary N) is 1. The largest absolute Gasteiger partial charge is 0.392 e. The Hall–Kier alpha value is -1.14. The summed E-state index contributed by atoms with van der Waals surface area (Å²) in [6, 6.07) is 4.85. The predicted octanol–water partition coefficient (Wildman–Crippen LogP) is 3.70. The summed E-state index contributed by atoms with van der Waals surface area (Å²) in [5.74, 6) is 3.08. The molecule has 1 fully saturated rings. The molecule has 1 aromatic rings. The zero-order valence-corrected chi connectivity index (χ0v) is 11.0. The Morgan fingerprint density at radius 1 is 1.10 bits per heavy atom. The van der Waals surface area contributed by atoms with Crippen LogP contribution in [0, 0.1) is 17.7 Å². The van der Waals surface area contributed by atoms with E-state index in [0.717, 1.165) is 6.42 Å². The molecule has 1 aliphatic rings. The average molecular weight is 290 g/mol. The Balaban J connectivity index is 2.26. The molecule has 6 heteroatoms. The van der Waals surface area contributed by atoms with Crippen LogP contribution in [0.25, 0.3) is 0 Å². The summed E-state index contributed by atoms with van der Waals surface area (Å²) in [5.41, 5.74) is 3.08. The lowest BCUT2D eigenvalue weighted by molar-refractivity contribution is -0.199. The lowest BCUT2D eigenvalue weighted by Crippen LogP contribution is -2.42. The van der Waals surface area contributed by atoms with Crippen molar-refractivity contribution in [1.29, 1.82) is 0 Å². The highest BCUT2D eigenvalue weighted by molar-refractivity contribution is 5.21. The third-order valence-corrected chi connectivity index (χ3v) is 4.08. The van der Waals surface area contributed by atoms with E-state index in [1.54, 1.807) is 0 Å². The first kappa shape index (κ1) is 15.3. The molecule has 3 unspecified atom stereocenters. The van der Waals surface area contributed by atoms with Crippen molar-refractivity contribution in [2.45, 2.75) is 37.9 Å². The van der Waals surface area contributed by atoms with Gasteiger partial charge in [-0.2, -0.15) is 13.2 Å². The second-order valence-electron chi connectivity index (χ2n) is 5.29. The first-order valence-electron chi connectivity index (χ1n) is 6.72. The molecule has 0 aromatic heterocycles. The number of nitrogens with two attached hydrogens (primary N) is 1. The second-order valence-corrected chi connectivity index (χ2v) is 5.29. The van der Waals surface area contributed by atoms with E-state index >= 15 is 0 Å². The Morgan fingerprint density at radius 2 is 1.70 bits per heavy atom. The standard InChI is InChI=1S/C14H18F4N2/c15-10-7-5-9(6-8-10)13(20-19)11-3-1-2-4-12(11)14(16,17)18/h5-8,11-13,20H,1-4,19H2. The molecule has 1 aromatic carbocycles. The maximum Gasteiger partial charge on any atom is 0.392 e. The highest BCUT2D eigenvalue weighted by atomic mass is 19.4. The molecule has 0 heterocycles. The summed E-state index contributed by atoms with van der Waals surface area (Å²) in [6.07, 6.45) is -2.28. The zero-order valence-electron chi connectivity index (χ0n) is 11.0. The molecule has 0 aliphatic heterocycles. The van der Waals surface area contributed by atoms with Crippen LogP contribution in [0.5, 0.6) is 0 Å². The summed E-state index contributed by atoms with van der Waals surface area (Å²) in [7, 11) is 0. The van der Waals surface area contributed by atoms with Gasteiger partial charge in [0.25, 0.3) is 0 Å². The molecule has 2 nitrogen and oxygen atoms in total. The van der Waals surface area contributed by atoms with Gasteiger partial charge in [0.05, 0.1) is 5.92 Å². The van der Waals surface area contributed by atoms with Gasteiger partial charge in [0.2, 0.25) is 0 Å². The third kappa shape index (κ3) is 3.30. The van der Waals surface area contributed by atoms with E-state index in [2.05, 4.69) is 5.43 Å². The number of hydrazine groups is 1. The molecule has 1 saturated carbocycles. The molecule has 0 bridgehead atoms. The van der Waals surface area contributed by atoms with Crippen molar-refractivity contribution >= 4 is 0 Å². The zero-order chi connectivity index (χ0) is 14.8. The maximum atomic E-state index is 13.1. The van der Waals surface area contributed by atoms with Crippen LogP contribution in [-0.2, 0) is 0 Å². The number of halogens is 4. The summed E-state index contributed by atoms with van der Waals surface area (Å²) in [6.45, 7) is 0. The van der Waals surface area contributed by atoms with Crippen LogP contribution in [0.3, 0.4) is 0 Å². The molecule has 20 heavy (non-hydrogen) atoms. The van der Waals surface area contributed by atoms with Crippen LogP contribution in [0.1, 0.15) is 37.3 Å². The summed E-state index contributed by atoms with van der Waals surface area (Å²) in [5, 5.41) is 0. The molecule has 1 aliphatic carbocycles. The van der Waals surface area contributed by atoms with Gasteiger partial charge in [-0.3, -0.25) is 11.3 Å². The Bertz CT molecular complexity index is 430. The van der Waals surface area contributed by atoms with Crippen molar-refractivity contribution in [2.24, 2.45) is 17.7 Å². The topological polar surface area (TPSA) is 38.0 Å². The monoisotopic (exact) mass is 290 g/mol.